The molecule has 1 aromatic carbocycles. The summed E-state index contributed by atoms with van der Waals surface area (Å²) in [5, 5.41) is 18.5. The summed E-state index contributed by atoms with van der Waals surface area (Å²) in [6.07, 6.45) is 1.49. The van der Waals surface area contributed by atoms with Crippen molar-refractivity contribution in [1.82, 2.24) is 15.2 Å². The van der Waals surface area contributed by atoms with Crippen molar-refractivity contribution < 1.29 is 18.3 Å². The first-order chi connectivity index (χ1) is 12.8. The van der Waals surface area contributed by atoms with E-state index in [1.54, 1.807) is 6.92 Å². The summed E-state index contributed by atoms with van der Waals surface area (Å²) < 4.78 is 38.4. The van der Waals surface area contributed by atoms with Gasteiger partial charge in [-0.3, -0.25) is 0 Å². The molecule has 4 rings (SSSR count). The number of halogens is 3. The summed E-state index contributed by atoms with van der Waals surface area (Å²) in [5.41, 5.74) is 0.127. The van der Waals surface area contributed by atoms with E-state index >= 15 is 0 Å². The van der Waals surface area contributed by atoms with Crippen LogP contribution in [0.5, 0.6) is 5.75 Å². The van der Waals surface area contributed by atoms with Gasteiger partial charge in [-0.15, -0.1) is 10.2 Å². The van der Waals surface area contributed by atoms with E-state index in [0.29, 0.717) is 35.4 Å². The lowest BCUT2D eigenvalue weighted by atomic mass is 9.85. The molecule has 2 fully saturated rings. The number of aromatic nitrogens is 3. The Morgan fingerprint density at radius 3 is 2.59 bits per heavy atom. The van der Waals surface area contributed by atoms with Gasteiger partial charge in [-0.25, -0.2) is 4.98 Å². The minimum atomic E-state index is -4.51. The van der Waals surface area contributed by atoms with Gasteiger partial charge >= 0.3 is 6.18 Å². The van der Waals surface area contributed by atoms with Gasteiger partial charge in [0.05, 0.1) is 11.3 Å². The summed E-state index contributed by atoms with van der Waals surface area (Å²) in [6, 6.07) is 3.29. The van der Waals surface area contributed by atoms with Crippen LogP contribution in [0.15, 0.2) is 18.2 Å². The predicted molar refractivity (Wildman–Crippen MR) is 94.4 cm³/mol. The molecule has 144 valence electrons. The van der Waals surface area contributed by atoms with Gasteiger partial charge in [0.25, 0.3) is 0 Å². The van der Waals surface area contributed by atoms with E-state index in [-0.39, 0.29) is 5.56 Å². The highest BCUT2D eigenvalue weighted by Crippen LogP contribution is 2.39. The Labute approximate surface area is 155 Å². The van der Waals surface area contributed by atoms with Gasteiger partial charge in [0.2, 0.25) is 5.95 Å². The molecule has 1 N–H and O–H groups in total. The van der Waals surface area contributed by atoms with Gasteiger partial charge < -0.3 is 10.0 Å². The van der Waals surface area contributed by atoms with Crippen molar-refractivity contribution in [2.75, 3.05) is 11.4 Å². The number of alkyl halides is 3. The molecule has 1 saturated heterocycles. The van der Waals surface area contributed by atoms with Crippen molar-refractivity contribution in [3.05, 3.63) is 29.5 Å². The molecule has 27 heavy (non-hydrogen) atoms. The number of benzene rings is 1. The topological polar surface area (TPSA) is 62.1 Å². The van der Waals surface area contributed by atoms with Gasteiger partial charge in [0.1, 0.15) is 11.4 Å². The average molecular weight is 378 g/mol. The fraction of sp³-hybridized carbons (Fsp3) is 0.526. The minimum absolute atomic E-state index is 0.198. The fourth-order valence-electron chi connectivity index (χ4n) is 4.33. The van der Waals surface area contributed by atoms with E-state index in [1.165, 1.54) is 25.3 Å². The Bertz CT molecular complexity index is 855. The Kier molecular flexibility index (Phi) is 4.44. The summed E-state index contributed by atoms with van der Waals surface area (Å²) >= 11 is 0. The maximum Gasteiger partial charge on any atom is 0.416 e. The lowest BCUT2D eigenvalue weighted by molar-refractivity contribution is -0.137. The third kappa shape index (κ3) is 3.33. The zero-order chi connectivity index (χ0) is 19.2. The third-order valence-electron chi connectivity index (χ3n) is 5.70. The average Bonchev–Trinajstić information content (AvgIpc) is 3.05. The second-order valence-corrected chi connectivity index (χ2v) is 7.37. The van der Waals surface area contributed by atoms with Crippen molar-refractivity contribution in [3.8, 4) is 17.0 Å². The molecular formula is C19H21F3N4O. The number of hydrogen-bond acceptors (Lipinski definition) is 5. The third-order valence-corrected chi connectivity index (χ3v) is 5.70. The minimum Gasteiger partial charge on any atom is -0.507 e. The molecule has 0 spiro atoms. The SMILES string of the molecule is Cc1nc(N2CC[C@@H]3CCCC[C@@H]32)nnc1-c1ccc(C(F)(F)F)cc1O. The maximum absolute atomic E-state index is 12.8. The molecular weight excluding hydrogens is 357 g/mol. The second-order valence-electron chi connectivity index (χ2n) is 7.37. The van der Waals surface area contributed by atoms with Gasteiger partial charge in [-0.1, -0.05) is 12.8 Å². The molecule has 1 aromatic heterocycles. The molecule has 2 aliphatic rings. The molecule has 1 saturated carbocycles. The van der Waals surface area contributed by atoms with Crippen LogP contribution in [0, 0.1) is 12.8 Å². The molecule has 0 bridgehead atoms. The van der Waals surface area contributed by atoms with Crippen LogP contribution >= 0.6 is 0 Å². The van der Waals surface area contributed by atoms with Crippen molar-refractivity contribution in [2.24, 2.45) is 5.92 Å². The Morgan fingerprint density at radius 2 is 1.89 bits per heavy atom. The lowest BCUT2D eigenvalue weighted by Crippen LogP contribution is -2.36. The number of phenols is 1. The van der Waals surface area contributed by atoms with Gasteiger partial charge in [-0.05, 0) is 50.3 Å². The van der Waals surface area contributed by atoms with Gasteiger partial charge in [0.15, 0.2) is 0 Å². The first kappa shape index (κ1) is 18.0. The van der Waals surface area contributed by atoms with Crippen molar-refractivity contribution in [3.63, 3.8) is 0 Å². The molecule has 2 aromatic rings. The van der Waals surface area contributed by atoms with Crippen LogP contribution in [0.3, 0.4) is 0 Å². The van der Waals surface area contributed by atoms with Gasteiger partial charge in [0, 0.05) is 18.2 Å². The highest BCUT2D eigenvalue weighted by molar-refractivity contribution is 5.69. The van der Waals surface area contributed by atoms with E-state index < -0.39 is 17.5 Å². The Balaban J connectivity index is 1.63. The summed E-state index contributed by atoms with van der Waals surface area (Å²) in [7, 11) is 0. The van der Waals surface area contributed by atoms with Crippen molar-refractivity contribution >= 4 is 5.95 Å². The number of aryl methyl sites for hydroxylation is 1. The summed E-state index contributed by atoms with van der Waals surface area (Å²) in [6.45, 7) is 2.64. The smallest absolute Gasteiger partial charge is 0.416 e. The Hall–Kier alpha value is -2.38. The van der Waals surface area contributed by atoms with E-state index in [4.69, 9.17) is 0 Å². The van der Waals surface area contributed by atoms with Crippen LogP contribution < -0.4 is 4.90 Å². The van der Waals surface area contributed by atoms with E-state index in [0.717, 1.165) is 25.5 Å². The number of hydrogen-bond donors (Lipinski definition) is 1. The number of phenolic OH excluding ortho intramolecular Hbond substituents is 1. The van der Waals surface area contributed by atoms with Crippen molar-refractivity contribution in [2.45, 2.75) is 51.2 Å². The van der Waals surface area contributed by atoms with Crippen LogP contribution in [-0.2, 0) is 6.18 Å². The molecule has 2 heterocycles. The van der Waals surface area contributed by atoms with Gasteiger partial charge in [-0.2, -0.15) is 13.2 Å². The number of nitrogens with zero attached hydrogens (tertiary/aromatic N) is 4. The maximum atomic E-state index is 12.8. The molecule has 8 heteroatoms. The molecule has 1 aliphatic heterocycles. The van der Waals surface area contributed by atoms with Crippen LogP contribution in [0.25, 0.3) is 11.3 Å². The molecule has 5 nitrogen and oxygen atoms in total. The molecule has 0 radical (unpaired) electrons. The van der Waals surface area contributed by atoms with Crippen LogP contribution in [0.2, 0.25) is 0 Å². The highest BCUT2D eigenvalue weighted by Gasteiger charge is 2.37. The lowest BCUT2D eigenvalue weighted by Gasteiger charge is -2.31. The van der Waals surface area contributed by atoms with Crippen molar-refractivity contribution in [1.29, 1.82) is 0 Å². The number of rotatable bonds is 2. The Morgan fingerprint density at radius 1 is 1.11 bits per heavy atom. The molecule has 2 atom stereocenters. The first-order valence-corrected chi connectivity index (χ1v) is 9.23. The molecule has 1 aliphatic carbocycles. The van der Waals surface area contributed by atoms with E-state index in [2.05, 4.69) is 20.1 Å². The van der Waals surface area contributed by atoms with Crippen LogP contribution in [0.1, 0.15) is 43.4 Å². The number of anilines is 1. The normalized spacial score (nSPS) is 22.7. The largest absolute Gasteiger partial charge is 0.507 e. The second kappa shape index (κ2) is 6.65. The predicted octanol–water partition coefficient (Wildman–Crippen LogP) is 4.34. The first-order valence-electron chi connectivity index (χ1n) is 9.23. The number of aromatic hydroxyl groups is 1. The molecule has 0 unspecified atom stereocenters. The zero-order valence-electron chi connectivity index (χ0n) is 15.0. The fourth-order valence-corrected chi connectivity index (χ4v) is 4.33. The zero-order valence-corrected chi connectivity index (χ0v) is 15.0. The summed E-state index contributed by atoms with van der Waals surface area (Å²) in [4.78, 5) is 6.76. The molecule has 0 amide bonds. The highest BCUT2D eigenvalue weighted by atomic mass is 19.4. The standard InChI is InChI=1S/C19H21F3N4O/c1-11-17(14-7-6-13(10-16(14)27)19(20,21)22)24-25-18(23-11)26-9-8-12-4-2-3-5-15(12)26/h6-7,10,12,15,27H,2-5,8-9H2,1H3/t12-,15-/m0/s1. The van der Waals surface area contributed by atoms with Crippen LogP contribution in [0.4, 0.5) is 19.1 Å². The quantitative estimate of drug-likeness (QED) is 0.842. The van der Waals surface area contributed by atoms with E-state index in [9.17, 15) is 18.3 Å². The number of fused-ring (bicyclic) bond motifs is 1. The van der Waals surface area contributed by atoms with Crippen LogP contribution in [-0.4, -0.2) is 32.9 Å². The summed E-state index contributed by atoms with van der Waals surface area (Å²) in [5.74, 6) is 0.767. The monoisotopic (exact) mass is 378 g/mol. The van der Waals surface area contributed by atoms with E-state index in [1.807, 2.05) is 0 Å².